The molecule has 6 rings (SSSR count). The number of halogens is 1. The minimum absolute atomic E-state index is 0.172. The fourth-order valence-electron chi connectivity index (χ4n) is 6.19. The molecule has 34 heavy (non-hydrogen) atoms. The molecule has 6 nitrogen and oxygen atoms in total. The fraction of sp³-hybridized carbons (Fsp3) is 0.407. The molecule has 0 amide bonds. The van der Waals surface area contributed by atoms with Crippen LogP contribution in [-0.4, -0.2) is 35.4 Å². The van der Waals surface area contributed by atoms with Gasteiger partial charge in [0.15, 0.2) is 5.65 Å². The maximum absolute atomic E-state index is 13.5. The van der Waals surface area contributed by atoms with Gasteiger partial charge >= 0.3 is 0 Å². The predicted molar refractivity (Wildman–Crippen MR) is 127 cm³/mol. The quantitative estimate of drug-likeness (QED) is 0.482. The van der Waals surface area contributed by atoms with E-state index in [1.165, 1.54) is 17.7 Å². The molecule has 1 aromatic carbocycles. The van der Waals surface area contributed by atoms with Crippen LogP contribution in [0.3, 0.4) is 0 Å². The molecule has 1 fully saturated rings. The van der Waals surface area contributed by atoms with Crippen molar-refractivity contribution in [3.8, 4) is 5.69 Å². The molecule has 3 heterocycles. The topological polar surface area (TPSA) is 76.7 Å². The lowest BCUT2D eigenvalue weighted by Gasteiger charge is -2.49. The lowest BCUT2D eigenvalue weighted by atomic mass is 9.57. The Morgan fingerprint density at radius 3 is 2.74 bits per heavy atom. The van der Waals surface area contributed by atoms with E-state index in [-0.39, 0.29) is 11.2 Å². The highest BCUT2D eigenvalue weighted by Gasteiger charge is 2.50. The first-order chi connectivity index (χ1) is 16.4. The van der Waals surface area contributed by atoms with E-state index < -0.39 is 5.60 Å². The van der Waals surface area contributed by atoms with E-state index in [2.05, 4.69) is 21.1 Å². The molecule has 0 bridgehead atoms. The lowest BCUT2D eigenvalue weighted by Crippen LogP contribution is -2.48. The standard InChI is InChI=1S/C27H28FN5O/c1-26(34)10-11-27(16-24-29-12-3-13-30-24)19(15-26)4-2-5-23-22(27)14-18-17-31-33(25(18)32-23)21-8-6-20(28)7-9-21/h3,6-9,12-14,17,19,34H,2,4-5,10-11,15-16H2,1H3/t19-,26+,27-/m0/s1. The second-order valence-electron chi connectivity index (χ2n) is 10.2. The molecule has 4 aromatic rings. The molecule has 0 aliphatic heterocycles. The third-order valence-corrected chi connectivity index (χ3v) is 7.87. The monoisotopic (exact) mass is 457 g/mol. The molecule has 0 radical (unpaired) electrons. The van der Waals surface area contributed by atoms with Crippen LogP contribution in [0.25, 0.3) is 16.7 Å². The Hall–Kier alpha value is -3.19. The van der Waals surface area contributed by atoms with Crippen LogP contribution in [0.2, 0.25) is 0 Å². The summed E-state index contributed by atoms with van der Waals surface area (Å²) in [6, 6.07) is 10.4. The van der Waals surface area contributed by atoms with Gasteiger partial charge in [0.2, 0.25) is 0 Å². The number of rotatable bonds is 3. The second kappa shape index (κ2) is 7.94. The van der Waals surface area contributed by atoms with Crippen LogP contribution in [0.15, 0.2) is 55.0 Å². The number of aromatic nitrogens is 5. The Bertz CT molecular complexity index is 1330. The van der Waals surface area contributed by atoms with Crippen molar-refractivity contribution in [2.75, 3.05) is 0 Å². The van der Waals surface area contributed by atoms with Crippen LogP contribution in [0, 0.1) is 11.7 Å². The van der Waals surface area contributed by atoms with E-state index in [0.717, 1.165) is 73.2 Å². The first kappa shape index (κ1) is 21.4. The third kappa shape index (κ3) is 3.59. The average Bonchev–Trinajstić information content (AvgIpc) is 3.18. The van der Waals surface area contributed by atoms with Crippen LogP contribution in [-0.2, 0) is 18.3 Å². The van der Waals surface area contributed by atoms with Crippen LogP contribution in [0.4, 0.5) is 4.39 Å². The van der Waals surface area contributed by atoms with Crippen LogP contribution >= 0.6 is 0 Å². The number of hydrogen-bond donors (Lipinski definition) is 1. The molecule has 0 saturated heterocycles. The summed E-state index contributed by atoms with van der Waals surface area (Å²) in [4.78, 5) is 14.3. The summed E-state index contributed by atoms with van der Waals surface area (Å²) in [6.45, 7) is 1.97. The first-order valence-corrected chi connectivity index (χ1v) is 12.1. The minimum Gasteiger partial charge on any atom is -0.390 e. The zero-order chi connectivity index (χ0) is 23.3. The van der Waals surface area contributed by atoms with E-state index in [4.69, 9.17) is 4.98 Å². The van der Waals surface area contributed by atoms with E-state index in [1.807, 2.05) is 19.2 Å². The normalized spacial score (nSPS) is 26.6. The minimum atomic E-state index is -0.652. The van der Waals surface area contributed by atoms with Gasteiger partial charge < -0.3 is 5.11 Å². The van der Waals surface area contributed by atoms with Gasteiger partial charge in [-0.2, -0.15) is 5.10 Å². The lowest BCUT2D eigenvalue weighted by molar-refractivity contribution is -0.0335. The summed E-state index contributed by atoms with van der Waals surface area (Å²) < 4.78 is 15.3. The third-order valence-electron chi connectivity index (χ3n) is 7.87. The van der Waals surface area contributed by atoms with Crippen LogP contribution < -0.4 is 0 Å². The van der Waals surface area contributed by atoms with Gasteiger partial charge in [-0.15, -0.1) is 0 Å². The van der Waals surface area contributed by atoms with Gasteiger partial charge in [0, 0.05) is 35.3 Å². The van der Waals surface area contributed by atoms with Gasteiger partial charge in [-0.05, 0) is 93.3 Å². The highest BCUT2D eigenvalue weighted by atomic mass is 19.1. The van der Waals surface area contributed by atoms with Crippen molar-refractivity contribution in [2.45, 2.75) is 62.9 Å². The Balaban J connectivity index is 1.51. The van der Waals surface area contributed by atoms with E-state index in [0.29, 0.717) is 5.92 Å². The molecular formula is C27H28FN5O. The van der Waals surface area contributed by atoms with Crippen molar-refractivity contribution >= 4 is 11.0 Å². The summed E-state index contributed by atoms with van der Waals surface area (Å²) in [5.41, 5.74) is 3.10. The average molecular weight is 458 g/mol. The Kier molecular flexibility index (Phi) is 4.99. The molecule has 3 atom stereocenters. The molecule has 1 N–H and O–H groups in total. The Labute approximate surface area is 197 Å². The number of benzene rings is 1. The van der Waals surface area contributed by atoms with E-state index >= 15 is 0 Å². The number of nitrogens with zero attached hydrogens (tertiary/aromatic N) is 5. The molecular weight excluding hydrogens is 429 g/mol. The molecule has 0 spiro atoms. The SMILES string of the molecule is C[C@@]1(O)CC[C@@]2(Cc3ncccn3)c3cc4cnn(-c5ccc(F)cc5)c4nc3CCC[C@H]2C1. The number of aryl methyl sites for hydroxylation is 1. The maximum atomic E-state index is 13.5. The molecule has 7 heteroatoms. The van der Waals surface area contributed by atoms with Crippen LogP contribution in [0.5, 0.6) is 0 Å². The van der Waals surface area contributed by atoms with Crippen molar-refractivity contribution in [3.05, 3.63) is 77.9 Å². The summed E-state index contributed by atoms with van der Waals surface area (Å²) in [5, 5.41) is 16.5. The molecule has 2 aliphatic carbocycles. The van der Waals surface area contributed by atoms with Crippen molar-refractivity contribution in [3.63, 3.8) is 0 Å². The van der Waals surface area contributed by atoms with Crippen molar-refractivity contribution in [1.82, 2.24) is 24.7 Å². The molecule has 2 aliphatic rings. The van der Waals surface area contributed by atoms with Gasteiger partial charge in [-0.25, -0.2) is 24.0 Å². The number of fused-ring (bicyclic) bond motifs is 4. The van der Waals surface area contributed by atoms with Crippen molar-refractivity contribution < 1.29 is 9.50 Å². The summed E-state index contributed by atoms with van der Waals surface area (Å²) >= 11 is 0. The highest BCUT2D eigenvalue weighted by Crippen LogP contribution is 2.53. The van der Waals surface area contributed by atoms with Gasteiger partial charge in [-0.1, -0.05) is 0 Å². The Morgan fingerprint density at radius 1 is 1.15 bits per heavy atom. The molecule has 0 unspecified atom stereocenters. The molecule has 3 aromatic heterocycles. The summed E-state index contributed by atoms with van der Waals surface area (Å²) in [5.74, 6) is 0.892. The zero-order valence-corrected chi connectivity index (χ0v) is 19.3. The number of pyridine rings is 1. The molecule has 174 valence electrons. The molecule has 1 saturated carbocycles. The number of aliphatic hydroxyl groups is 1. The van der Waals surface area contributed by atoms with Gasteiger partial charge in [0.05, 0.1) is 17.5 Å². The highest BCUT2D eigenvalue weighted by molar-refractivity contribution is 5.78. The fourth-order valence-corrected chi connectivity index (χ4v) is 6.19. The smallest absolute Gasteiger partial charge is 0.163 e. The first-order valence-electron chi connectivity index (χ1n) is 12.1. The maximum Gasteiger partial charge on any atom is 0.163 e. The van der Waals surface area contributed by atoms with Crippen molar-refractivity contribution in [2.24, 2.45) is 5.92 Å². The van der Waals surface area contributed by atoms with Crippen LogP contribution in [0.1, 0.15) is 56.1 Å². The predicted octanol–water partition coefficient (Wildman–Crippen LogP) is 4.72. The van der Waals surface area contributed by atoms with Gasteiger partial charge in [0.25, 0.3) is 0 Å². The summed E-state index contributed by atoms with van der Waals surface area (Å²) in [6.07, 6.45) is 11.5. The zero-order valence-electron chi connectivity index (χ0n) is 19.3. The summed E-state index contributed by atoms with van der Waals surface area (Å²) in [7, 11) is 0. The van der Waals surface area contributed by atoms with Gasteiger partial charge in [0.1, 0.15) is 11.6 Å². The van der Waals surface area contributed by atoms with Crippen molar-refractivity contribution in [1.29, 1.82) is 0 Å². The second-order valence-corrected chi connectivity index (χ2v) is 10.2. The largest absolute Gasteiger partial charge is 0.390 e. The van der Waals surface area contributed by atoms with Gasteiger partial charge in [-0.3, -0.25) is 0 Å². The number of hydrogen-bond acceptors (Lipinski definition) is 5. The van der Waals surface area contributed by atoms with E-state index in [1.54, 1.807) is 29.2 Å². The van der Waals surface area contributed by atoms with E-state index in [9.17, 15) is 9.50 Å². The Morgan fingerprint density at radius 2 is 1.94 bits per heavy atom.